The zero-order valence-corrected chi connectivity index (χ0v) is 16.8. The third-order valence-electron chi connectivity index (χ3n) is 4.35. The van der Waals surface area contributed by atoms with Crippen LogP contribution >= 0.6 is 11.8 Å². The largest absolute Gasteiger partial charge is 0.493 e. The summed E-state index contributed by atoms with van der Waals surface area (Å²) >= 11 is 0.747. The molecule has 3 rings (SSSR count). The number of carbonyl (C=O) groups excluding carboxylic acids is 2. The molecule has 2 aromatic carbocycles. The van der Waals surface area contributed by atoms with Crippen LogP contribution in [0.3, 0.4) is 0 Å². The quantitative estimate of drug-likeness (QED) is 0.398. The van der Waals surface area contributed by atoms with Crippen molar-refractivity contribution in [3.05, 3.63) is 68.1 Å². The van der Waals surface area contributed by atoms with Crippen molar-refractivity contribution in [3.8, 4) is 11.5 Å². The van der Waals surface area contributed by atoms with Gasteiger partial charge < -0.3 is 9.47 Å². The molecular weight excluding hydrogens is 396 g/mol. The fraction of sp³-hybridized carbons (Fsp3) is 0.200. The topological polar surface area (TPSA) is 99.0 Å². The molecule has 1 aliphatic rings. The van der Waals surface area contributed by atoms with Gasteiger partial charge in [0, 0.05) is 0 Å². The van der Waals surface area contributed by atoms with Gasteiger partial charge in [0.05, 0.1) is 42.2 Å². The Morgan fingerprint density at radius 1 is 1.10 bits per heavy atom. The zero-order valence-electron chi connectivity index (χ0n) is 16.0. The fourth-order valence-electron chi connectivity index (χ4n) is 2.81. The van der Waals surface area contributed by atoms with Crippen LogP contribution in [0.5, 0.6) is 11.5 Å². The number of rotatable bonds is 6. The van der Waals surface area contributed by atoms with E-state index in [2.05, 4.69) is 0 Å². The van der Waals surface area contributed by atoms with E-state index in [9.17, 15) is 19.7 Å². The molecule has 0 saturated carbocycles. The van der Waals surface area contributed by atoms with Crippen LogP contribution in [-0.2, 0) is 11.3 Å². The van der Waals surface area contributed by atoms with Crippen LogP contribution in [0.2, 0.25) is 0 Å². The summed E-state index contributed by atoms with van der Waals surface area (Å²) in [5.74, 6) is -0.0169. The van der Waals surface area contributed by atoms with Gasteiger partial charge in [-0.2, -0.15) is 0 Å². The Hall–Kier alpha value is -3.33. The number of methoxy groups -OCH3 is 2. The Labute approximate surface area is 171 Å². The number of nitro groups is 1. The first kappa shape index (κ1) is 20.4. The molecule has 0 radical (unpaired) electrons. The molecule has 29 heavy (non-hydrogen) atoms. The molecule has 8 nitrogen and oxygen atoms in total. The molecule has 0 unspecified atom stereocenters. The Balaban J connectivity index is 1.94. The minimum atomic E-state index is -0.579. The van der Waals surface area contributed by atoms with E-state index >= 15 is 0 Å². The standard InChI is InChI=1S/C20H18N2O6S/c1-12-4-6-13(7-5-12)11-21-19(23)18(29-20(21)24)9-14-8-16(27-2)17(28-3)10-15(14)22(25)26/h4-10H,11H2,1-3H3/b18-9-. The molecule has 0 aromatic heterocycles. The molecule has 0 atom stereocenters. The summed E-state index contributed by atoms with van der Waals surface area (Å²) in [6, 6.07) is 10.1. The second-order valence-electron chi connectivity index (χ2n) is 6.28. The second-order valence-corrected chi connectivity index (χ2v) is 7.27. The monoisotopic (exact) mass is 414 g/mol. The third kappa shape index (κ3) is 4.24. The maximum atomic E-state index is 12.7. The third-order valence-corrected chi connectivity index (χ3v) is 5.26. The normalized spacial score (nSPS) is 15.1. The molecule has 2 amide bonds. The average molecular weight is 414 g/mol. The highest BCUT2D eigenvalue weighted by molar-refractivity contribution is 8.18. The van der Waals surface area contributed by atoms with Crippen molar-refractivity contribution in [2.24, 2.45) is 0 Å². The van der Waals surface area contributed by atoms with Gasteiger partial charge in [0.25, 0.3) is 16.8 Å². The van der Waals surface area contributed by atoms with E-state index in [4.69, 9.17) is 9.47 Å². The lowest BCUT2D eigenvalue weighted by Gasteiger charge is -2.12. The molecule has 2 aromatic rings. The maximum absolute atomic E-state index is 12.7. The molecule has 9 heteroatoms. The van der Waals surface area contributed by atoms with Gasteiger partial charge in [-0.1, -0.05) is 29.8 Å². The van der Waals surface area contributed by atoms with Gasteiger partial charge in [-0.3, -0.25) is 24.6 Å². The van der Waals surface area contributed by atoms with Gasteiger partial charge >= 0.3 is 0 Å². The van der Waals surface area contributed by atoms with E-state index in [1.54, 1.807) is 0 Å². The lowest BCUT2D eigenvalue weighted by molar-refractivity contribution is -0.385. The lowest BCUT2D eigenvalue weighted by Crippen LogP contribution is -2.27. The highest BCUT2D eigenvalue weighted by Gasteiger charge is 2.35. The molecule has 1 saturated heterocycles. The van der Waals surface area contributed by atoms with Crippen molar-refractivity contribution in [2.75, 3.05) is 14.2 Å². The molecule has 0 bridgehead atoms. The van der Waals surface area contributed by atoms with Gasteiger partial charge in [-0.15, -0.1) is 0 Å². The van der Waals surface area contributed by atoms with E-state index in [1.165, 1.54) is 32.4 Å². The highest BCUT2D eigenvalue weighted by Crippen LogP contribution is 2.39. The van der Waals surface area contributed by atoms with Crippen molar-refractivity contribution >= 4 is 34.7 Å². The number of benzene rings is 2. The van der Waals surface area contributed by atoms with E-state index in [0.717, 1.165) is 27.8 Å². The first-order valence-electron chi connectivity index (χ1n) is 8.55. The Morgan fingerprint density at radius 2 is 1.72 bits per heavy atom. The molecule has 0 spiro atoms. The SMILES string of the molecule is COc1cc(/C=C2\SC(=O)N(Cc3ccc(C)cc3)C2=O)c([N+](=O)[O-])cc1OC. The highest BCUT2D eigenvalue weighted by atomic mass is 32.2. The number of hydrogen-bond acceptors (Lipinski definition) is 7. The van der Waals surface area contributed by atoms with Crippen LogP contribution < -0.4 is 9.47 Å². The zero-order chi connectivity index (χ0) is 21.1. The van der Waals surface area contributed by atoms with Gasteiger partial charge in [0.2, 0.25) is 0 Å². The minimum Gasteiger partial charge on any atom is -0.493 e. The number of imide groups is 1. The van der Waals surface area contributed by atoms with Crippen molar-refractivity contribution in [2.45, 2.75) is 13.5 Å². The first-order valence-corrected chi connectivity index (χ1v) is 9.37. The fourth-order valence-corrected chi connectivity index (χ4v) is 3.64. The van der Waals surface area contributed by atoms with Gasteiger partial charge in [0.15, 0.2) is 11.5 Å². The van der Waals surface area contributed by atoms with Gasteiger partial charge in [-0.05, 0) is 36.4 Å². The Morgan fingerprint density at radius 3 is 2.31 bits per heavy atom. The summed E-state index contributed by atoms with van der Waals surface area (Å²) in [5.41, 5.74) is 1.78. The van der Waals surface area contributed by atoms with E-state index in [0.29, 0.717) is 0 Å². The number of carbonyl (C=O) groups is 2. The minimum absolute atomic E-state index is 0.109. The van der Waals surface area contributed by atoms with E-state index < -0.39 is 16.1 Å². The van der Waals surface area contributed by atoms with Crippen molar-refractivity contribution < 1.29 is 24.0 Å². The number of amides is 2. The van der Waals surface area contributed by atoms with Crippen LogP contribution in [0.15, 0.2) is 41.3 Å². The molecule has 1 aliphatic heterocycles. The van der Waals surface area contributed by atoms with E-state index in [-0.39, 0.29) is 34.2 Å². The summed E-state index contributed by atoms with van der Waals surface area (Å²) < 4.78 is 10.3. The molecule has 1 fully saturated rings. The number of hydrogen-bond donors (Lipinski definition) is 0. The average Bonchev–Trinajstić information content (AvgIpc) is 2.96. The van der Waals surface area contributed by atoms with Crippen LogP contribution in [0.1, 0.15) is 16.7 Å². The molecule has 0 aliphatic carbocycles. The second kappa shape index (κ2) is 8.36. The molecule has 1 heterocycles. The lowest BCUT2D eigenvalue weighted by atomic mass is 10.1. The van der Waals surface area contributed by atoms with Crippen molar-refractivity contribution in [1.82, 2.24) is 4.90 Å². The Bertz CT molecular complexity index is 1020. The number of ether oxygens (including phenoxy) is 2. The predicted octanol–water partition coefficient (Wildman–Crippen LogP) is 4.16. The maximum Gasteiger partial charge on any atom is 0.293 e. The van der Waals surface area contributed by atoms with Gasteiger partial charge in [0.1, 0.15) is 0 Å². The summed E-state index contributed by atoms with van der Waals surface area (Å²) in [5, 5.41) is 11.0. The number of thioether (sulfide) groups is 1. The van der Waals surface area contributed by atoms with Crippen LogP contribution in [-0.4, -0.2) is 35.2 Å². The van der Waals surface area contributed by atoms with Crippen LogP contribution in [0.25, 0.3) is 6.08 Å². The number of nitro benzene ring substituents is 1. The first-order chi connectivity index (χ1) is 13.8. The smallest absolute Gasteiger partial charge is 0.293 e. The summed E-state index contributed by atoms with van der Waals surface area (Å²) in [6.07, 6.45) is 1.33. The predicted molar refractivity (Wildman–Crippen MR) is 109 cm³/mol. The number of nitrogens with zero attached hydrogens (tertiary/aromatic N) is 2. The number of aryl methyl sites for hydroxylation is 1. The summed E-state index contributed by atoms with van der Waals surface area (Å²) in [7, 11) is 2.78. The summed E-state index contributed by atoms with van der Waals surface area (Å²) in [6.45, 7) is 2.08. The van der Waals surface area contributed by atoms with Gasteiger partial charge in [-0.25, -0.2) is 0 Å². The summed E-state index contributed by atoms with van der Waals surface area (Å²) in [4.78, 5) is 37.2. The van der Waals surface area contributed by atoms with Crippen LogP contribution in [0.4, 0.5) is 10.5 Å². The molecule has 0 N–H and O–H groups in total. The van der Waals surface area contributed by atoms with Crippen molar-refractivity contribution in [3.63, 3.8) is 0 Å². The van der Waals surface area contributed by atoms with E-state index in [1.807, 2.05) is 31.2 Å². The molecular formula is C20H18N2O6S. The van der Waals surface area contributed by atoms with Crippen LogP contribution in [0, 0.1) is 17.0 Å². The molecule has 150 valence electrons. The van der Waals surface area contributed by atoms with Crippen molar-refractivity contribution in [1.29, 1.82) is 0 Å². The Kier molecular flexibility index (Phi) is 5.88.